The second-order valence-electron chi connectivity index (χ2n) is 4.39. The van der Waals surface area contributed by atoms with Gasteiger partial charge < -0.3 is 16.0 Å². The molecule has 0 aromatic heterocycles. The first-order chi connectivity index (χ1) is 8.09. The molecule has 0 bridgehead atoms. The molecule has 6 heteroatoms. The van der Waals surface area contributed by atoms with Crippen LogP contribution >= 0.6 is 0 Å². The highest BCUT2D eigenvalue weighted by Crippen LogP contribution is 2.04. The number of carbonyl (C=O) groups is 2. The maximum Gasteiger partial charge on any atom is 0.234 e. The van der Waals surface area contributed by atoms with Crippen molar-refractivity contribution < 1.29 is 9.59 Å². The van der Waals surface area contributed by atoms with Gasteiger partial charge in [0.2, 0.25) is 11.8 Å². The fourth-order valence-electron chi connectivity index (χ4n) is 1.87. The van der Waals surface area contributed by atoms with E-state index in [9.17, 15) is 9.59 Å². The van der Waals surface area contributed by atoms with Crippen LogP contribution in [0.4, 0.5) is 0 Å². The summed E-state index contributed by atoms with van der Waals surface area (Å²) in [5.41, 5.74) is 0. The monoisotopic (exact) mass is 242 g/mol. The Morgan fingerprint density at radius 3 is 2.65 bits per heavy atom. The Hall–Kier alpha value is -1.14. The van der Waals surface area contributed by atoms with Gasteiger partial charge in [-0.3, -0.25) is 14.5 Å². The topological polar surface area (TPSA) is 73.5 Å². The molecule has 0 aliphatic carbocycles. The first kappa shape index (κ1) is 13.9. The standard InChI is InChI=1S/C11H22N4O2/c1-9(16)13-5-6-14-11(17)8-15(2)10-3-4-12-7-10/h10,12H,3-8H2,1-2H3,(H,13,16)(H,14,17). The zero-order valence-corrected chi connectivity index (χ0v) is 10.6. The minimum Gasteiger partial charge on any atom is -0.355 e. The van der Waals surface area contributed by atoms with Gasteiger partial charge in [-0.15, -0.1) is 0 Å². The Labute approximate surface area is 102 Å². The third-order valence-electron chi connectivity index (χ3n) is 2.87. The van der Waals surface area contributed by atoms with Crippen molar-refractivity contribution in [3.05, 3.63) is 0 Å². The maximum absolute atomic E-state index is 11.6. The molecule has 1 fully saturated rings. The van der Waals surface area contributed by atoms with Crippen molar-refractivity contribution in [3.63, 3.8) is 0 Å². The SMILES string of the molecule is CC(=O)NCCNC(=O)CN(C)C1CCNC1. The molecule has 1 saturated heterocycles. The molecule has 1 heterocycles. The molecule has 1 unspecified atom stereocenters. The Balaban J connectivity index is 2.09. The van der Waals surface area contributed by atoms with E-state index in [1.807, 2.05) is 7.05 Å². The molecule has 0 aromatic carbocycles. The van der Waals surface area contributed by atoms with Crippen molar-refractivity contribution >= 4 is 11.8 Å². The molecule has 1 atom stereocenters. The van der Waals surface area contributed by atoms with Crippen LogP contribution in [-0.2, 0) is 9.59 Å². The molecule has 0 spiro atoms. The Morgan fingerprint density at radius 2 is 2.06 bits per heavy atom. The molecule has 17 heavy (non-hydrogen) atoms. The summed E-state index contributed by atoms with van der Waals surface area (Å²) in [7, 11) is 1.96. The molecule has 1 rings (SSSR count). The summed E-state index contributed by atoms with van der Waals surface area (Å²) >= 11 is 0. The van der Waals surface area contributed by atoms with E-state index in [0.717, 1.165) is 19.5 Å². The van der Waals surface area contributed by atoms with Gasteiger partial charge in [-0.25, -0.2) is 0 Å². The smallest absolute Gasteiger partial charge is 0.234 e. The lowest BCUT2D eigenvalue weighted by atomic mass is 10.2. The van der Waals surface area contributed by atoms with Crippen LogP contribution in [0.1, 0.15) is 13.3 Å². The number of likely N-dealkylation sites (N-methyl/N-ethyl adjacent to an activating group) is 1. The first-order valence-corrected chi connectivity index (χ1v) is 6.01. The lowest BCUT2D eigenvalue weighted by molar-refractivity contribution is -0.123. The van der Waals surface area contributed by atoms with Crippen LogP contribution in [0.3, 0.4) is 0 Å². The molecule has 1 aliphatic heterocycles. The molecule has 0 aromatic rings. The van der Waals surface area contributed by atoms with E-state index < -0.39 is 0 Å². The van der Waals surface area contributed by atoms with E-state index in [1.165, 1.54) is 6.92 Å². The number of hydrogen-bond acceptors (Lipinski definition) is 4. The van der Waals surface area contributed by atoms with E-state index in [2.05, 4.69) is 20.9 Å². The van der Waals surface area contributed by atoms with Gasteiger partial charge in [-0.05, 0) is 20.0 Å². The summed E-state index contributed by atoms with van der Waals surface area (Å²) < 4.78 is 0. The molecule has 1 aliphatic rings. The normalized spacial score (nSPS) is 19.4. The second-order valence-corrected chi connectivity index (χ2v) is 4.39. The highest BCUT2D eigenvalue weighted by molar-refractivity contribution is 5.78. The summed E-state index contributed by atoms with van der Waals surface area (Å²) in [5, 5.41) is 8.68. The molecule has 0 saturated carbocycles. The molecular weight excluding hydrogens is 220 g/mol. The van der Waals surface area contributed by atoms with Crippen molar-refractivity contribution in [2.24, 2.45) is 0 Å². The minimum absolute atomic E-state index is 0.00440. The number of nitrogens with zero attached hydrogens (tertiary/aromatic N) is 1. The van der Waals surface area contributed by atoms with Crippen molar-refractivity contribution in [2.75, 3.05) is 39.8 Å². The third-order valence-corrected chi connectivity index (χ3v) is 2.87. The summed E-state index contributed by atoms with van der Waals surface area (Å²) in [5.74, 6) is -0.0712. The lowest BCUT2D eigenvalue weighted by Crippen LogP contribution is -2.43. The fraction of sp³-hybridized carbons (Fsp3) is 0.818. The van der Waals surface area contributed by atoms with Crippen LogP contribution in [0.5, 0.6) is 0 Å². The predicted octanol–water partition coefficient (Wildman–Crippen LogP) is -1.47. The average Bonchev–Trinajstić information content (AvgIpc) is 2.77. The van der Waals surface area contributed by atoms with E-state index in [4.69, 9.17) is 0 Å². The molecule has 2 amide bonds. The molecule has 0 radical (unpaired) electrons. The van der Waals surface area contributed by atoms with Gasteiger partial charge >= 0.3 is 0 Å². The largest absolute Gasteiger partial charge is 0.355 e. The summed E-state index contributed by atoms with van der Waals surface area (Å²) in [4.78, 5) is 24.2. The van der Waals surface area contributed by atoms with E-state index in [0.29, 0.717) is 25.7 Å². The van der Waals surface area contributed by atoms with E-state index in [-0.39, 0.29) is 11.8 Å². The molecule has 3 N–H and O–H groups in total. The number of nitrogens with one attached hydrogen (secondary N) is 3. The van der Waals surface area contributed by atoms with Crippen LogP contribution in [0.2, 0.25) is 0 Å². The fourth-order valence-corrected chi connectivity index (χ4v) is 1.87. The zero-order chi connectivity index (χ0) is 12.7. The summed E-state index contributed by atoms with van der Waals surface area (Å²) in [6.45, 7) is 4.81. The second kappa shape index (κ2) is 7.24. The van der Waals surface area contributed by atoms with Gasteiger partial charge in [0.1, 0.15) is 0 Å². The van der Waals surface area contributed by atoms with Gasteiger partial charge in [0, 0.05) is 32.6 Å². The number of carbonyl (C=O) groups excluding carboxylic acids is 2. The van der Waals surface area contributed by atoms with Crippen LogP contribution in [-0.4, -0.2) is 62.5 Å². The molecule has 98 valence electrons. The summed E-state index contributed by atoms with van der Waals surface area (Å²) in [6.07, 6.45) is 1.09. The van der Waals surface area contributed by atoms with Crippen LogP contribution in [0.25, 0.3) is 0 Å². The van der Waals surface area contributed by atoms with Gasteiger partial charge in [-0.1, -0.05) is 0 Å². The highest BCUT2D eigenvalue weighted by atomic mass is 16.2. The number of rotatable bonds is 6. The van der Waals surface area contributed by atoms with Gasteiger partial charge in [0.25, 0.3) is 0 Å². The van der Waals surface area contributed by atoms with Gasteiger partial charge in [-0.2, -0.15) is 0 Å². The Morgan fingerprint density at radius 1 is 1.35 bits per heavy atom. The van der Waals surface area contributed by atoms with Crippen molar-refractivity contribution in [2.45, 2.75) is 19.4 Å². The van der Waals surface area contributed by atoms with Crippen LogP contribution < -0.4 is 16.0 Å². The highest BCUT2D eigenvalue weighted by Gasteiger charge is 2.20. The van der Waals surface area contributed by atoms with E-state index in [1.54, 1.807) is 0 Å². The Bertz CT molecular complexity index is 264. The van der Waals surface area contributed by atoms with E-state index >= 15 is 0 Å². The lowest BCUT2D eigenvalue weighted by Gasteiger charge is -2.22. The molecule has 6 nitrogen and oxygen atoms in total. The van der Waals surface area contributed by atoms with Crippen molar-refractivity contribution in [1.29, 1.82) is 0 Å². The first-order valence-electron chi connectivity index (χ1n) is 6.01. The van der Waals surface area contributed by atoms with Gasteiger partial charge in [0.05, 0.1) is 6.54 Å². The zero-order valence-electron chi connectivity index (χ0n) is 10.6. The van der Waals surface area contributed by atoms with Gasteiger partial charge in [0.15, 0.2) is 0 Å². The average molecular weight is 242 g/mol. The number of hydrogen-bond donors (Lipinski definition) is 3. The predicted molar refractivity (Wildman–Crippen MR) is 65.6 cm³/mol. The van der Waals surface area contributed by atoms with Crippen LogP contribution in [0.15, 0.2) is 0 Å². The molecular formula is C11H22N4O2. The summed E-state index contributed by atoms with van der Waals surface area (Å²) in [6, 6.07) is 0.455. The third kappa shape index (κ3) is 5.65. The van der Waals surface area contributed by atoms with Crippen LogP contribution in [0, 0.1) is 0 Å². The van der Waals surface area contributed by atoms with Crippen molar-refractivity contribution in [3.8, 4) is 0 Å². The van der Waals surface area contributed by atoms with Crippen molar-refractivity contribution in [1.82, 2.24) is 20.9 Å². The Kier molecular flexibility index (Phi) is 5.93. The minimum atomic E-state index is -0.0756. The number of amides is 2. The maximum atomic E-state index is 11.6. The quantitative estimate of drug-likeness (QED) is 0.497.